The van der Waals surface area contributed by atoms with Crippen molar-refractivity contribution in [3.8, 4) is 5.75 Å². The SMILES string of the molecule is COc1ccc(CC(=O)OCC(=O)N2CC[C@H](C)Sc3ccccc32)cc1. The molecule has 6 heteroatoms. The number of methoxy groups -OCH3 is 1. The highest BCUT2D eigenvalue weighted by Gasteiger charge is 2.24. The molecule has 0 radical (unpaired) electrons. The zero-order chi connectivity index (χ0) is 19.2. The number of thioether (sulfide) groups is 1. The van der Waals surface area contributed by atoms with Crippen LogP contribution < -0.4 is 9.64 Å². The lowest BCUT2D eigenvalue weighted by Gasteiger charge is -2.22. The third kappa shape index (κ3) is 5.04. The van der Waals surface area contributed by atoms with Gasteiger partial charge in [-0.15, -0.1) is 11.8 Å². The van der Waals surface area contributed by atoms with E-state index in [4.69, 9.17) is 9.47 Å². The van der Waals surface area contributed by atoms with Gasteiger partial charge in [0, 0.05) is 16.7 Å². The molecule has 142 valence electrons. The van der Waals surface area contributed by atoms with E-state index in [0.717, 1.165) is 28.3 Å². The summed E-state index contributed by atoms with van der Waals surface area (Å²) in [6.07, 6.45) is 1.02. The summed E-state index contributed by atoms with van der Waals surface area (Å²) < 4.78 is 10.3. The van der Waals surface area contributed by atoms with Gasteiger partial charge < -0.3 is 14.4 Å². The molecule has 0 N–H and O–H groups in total. The highest BCUT2D eigenvalue weighted by Crippen LogP contribution is 2.37. The summed E-state index contributed by atoms with van der Waals surface area (Å²) >= 11 is 1.77. The Kier molecular flexibility index (Phi) is 6.40. The van der Waals surface area contributed by atoms with Crippen molar-refractivity contribution in [3.05, 3.63) is 54.1 Å². The average Bonchev–Trinajstić information content (AvgIpc) is 2.85. The topological polar surface area (TPSA) is 55.8 Å². The van der Waals surface area contributed by atoms with E-state index < -0.39 is 5.97 Å². The largest absolute Gasteiger partial charge is 0.497 e. The lowest BCUT2D eigenvalue weighted by molar-refractivity contribution is -0.147. The fourth-order valence-corrected chi connectivity index (χ4v) is 4.04. The Morgan fingerprint density at radius 3 is 2.63 bits per heavy atom. The van der Waals surface area contributed by atoms with Crippen LogP contribution in [0, 0.1) is 0 Å². The maximum atomic E-state index is 12.7. The lowest BCUT2D eigenvalue weighted by Crippen LogP contribution is -2.36. The highest BCUT2D eigenvalue weighted by atomic mass is 32.2. The van der Waals surface area contributed by atoms with E-state index in [2.05, 4.69) is 6.92 Å². The summed E-state index contributed by atoms with van der Waals surface area (Å²) in [4.78, 5) is 27.6. The minimum absolute atomic E-state index is 0.126. The van der Waals surface area contributed by atoms with Crippen LogP contribution >= 0.6 is 11.8 Å². The summed E-state index contributed by atoms with van der Waals surface area (Å²) in [6, 6.07) is 15.1. The average molecular weight is 385 g/mol. The molecule has 0 saturated carbocycles. The quantitative estimate of drug-likeness (QED) is 0.735. The smallest absolute Gasteiger partial charge is 0.310 e. The monoisotopic (exact) mass is 385 g/mol. The third-order valence-corrected chi connectivity index (χ3v) is 5.65. The Labute approximate surface area is 163 Å². The normalized spacial score (nSPS) is 16.2. The first-order chi connectivity index (χ1) is 13.1. The van der Waals surface area contributed by atoms with Crippen LogP contribution in [-0.4, -0.2) is 37.4 Å². The first-order valence-corrected chi connectivity index (χ1v) is 9.79. The van der Waals surface area contributed by atoms with Gasteiger partial charge in [0.25, 0.3) is 5.91 Å². The number of carbonyl (C=O) groups is 2. The maximum absolute atomic E-state index is 12.7. The van der Waals surface area contributed by atoms with Crippen molar-refractivity contribution >= 4 is 29.3 Å². The van der Waals surface area contributed by atoms with Gasteiger partial charge in [-0.05, 0) is 36.2 Å². The van der Waals surface area contributed by atoms with Crippen molar-refractivity contribution in [2.45, 2.75) is 29.9 Å². The van der Waals surface area contributed by atoms with Crippen LogP contribution in [0.1, 0.15) is 18.9 Å². The van der Waals surface area contributed by atoms with Gasteiger partial charge in [0.1, 0.15) is 5.75 Å². The predicted molar refractivity (Wildman–Crippen MR) is 106 cm³/mol. The van der Waals surface area contributed by atoms with Gasteiger partial charge in [0.15, 0.2) is 6.61 Å². The molecule has 0 bridgehead atoms. The van der Waals surface area contributed by atoms with E-state index >= 15 is 0 Å². The molecule has 1 aliphatic rings. The molecular weight excluding hydrogens is 362 g/mol. The molecule has 0 aliphatic carbocycles. The molecule has 1 atom stereocenters. The molecule has 27 heavy (non-hydrogen) atoms. The second kappa shape index (κ2) is 8.95. The predicted octanol–water partition coefficient (Wildman–Crippen LogP) is 3.70. The minimum Gasteiger partial charge on any atom is -0.497 e. The van der Waals surface area contributed by atoms with Crippen molar-refractivity contribution in [2.75, 3.05) is 25.2 Å². The van der Waals surface area contributed by atoms with E-state index in [1.165, 1.54) is 0 Å². The van der Waals surface area contributed by atoms with Gasteiger partial charge in [-0.25, -0.2) is 0 Å². The second-order valence-electron chi connectivity index (χ2n) is 6.42. The number of carbonyl (C=O) groups excluding carboxylic acids is 2. The fraction of sp³-hybridized carbons (Fsp3) is 0.333. The highest BCUT2D eigenvalue weighted by molar-refractivity contribution is 8.00. The zero-order valence-corrected chi connectivity index (χ0v) is 16.3. The van der Waals surface area contributed by atoms with Crippen molar-refractivity contribution in [3.63, 3.8) is 0 Å². The zero-order valence-electron chi connectivity index (χ0n) is 15.5. The van der Waals surface area contributed by atoms with Gasteiger partial charge >= 0.3 is 5.97 Å². The van der Waals surface area contributed by atoms with Crippen LogP contribution in [0.5, 0.6) is 5.75 Å². The Morgan fingerprint density at radius 1 is 1.15 bits per heavy atom. The molecule has 0 unspecified atom stereocenters. The summed E-state index contributed by atoms with van der Waals surface area (Å²) in [6.45, 7) is 2.53. The van der Waals surface area contributed by atoms with Gasteiger partial charge in [-0.2, -0.15) is 0 Å². The van der Waals surface area contributed by atoms with Crippen LogP contribution in [0.15, 0.2) is 53.4 Å². The second-order valence-corrected chi connectivity index (χ2v) is 7.90. The summed E-state index contributed by atoms with van der Waals surface area (Å²) in [5, 5.41) is 0.432. The summed E-state index contributed by atoms with van der Waals surface area (Å²) in [5.74, 6) is 0.119. The third-order valence-electron chi connectivity index (χ3n) is 4.41. The number of nitrogens with zero attached hydrogens (tertiary/aromatic N) is 1. The molecule has 0 saturated heterocycles. The first kappa shape index (κ1) is 19.3. The Morgan fingerprint density at radius 2 is 1.89 bits per heavy atom. The van der Waals surface area contributed by atoms with Crippen LogP contribution in [0.4, 0.5) is 5.69 Å². The van der Waals surface area contributed by atoms with E-state index in [1.54, 1.807) is 35.9 Å². The summed E-state index contributed by atoms with van der Waals surface area (Å²) in [7, 11) is 1.59. The van der Waals surface area contributed by atoms with Gasteiger partial charge in [0.2, 0.25) is 0 Å². The number of hydrogen-bond acceptors (Lipinski definition) is 5. The van der Waals surface area contributed by atoms with Gasteiger partial charge in [0.05, 0.1) is 19.2 Å². The lowest BCUT2D eigenvalue weighted by atomic mass is 10.1. The minimum atomic E-state index is -0.417. The fourth-order valence-electron chi connectivity index (χ4n) is 2.93. The van der Waals surface area contributed by atoms with Crippen molar-refractivity contribution in [2.24, 2.45) is 0 Å². The number of para-hydroxylation sites is 1. The summed E-state index contributed by atoms with van der Waals surface area (Å²) in [5.41, 5.74) is 1.71. The molecule has 1 aliphatic heterocycles. The van der Waals surface area contributed by atoms with Crippen molar-refractivity contribution in [1.82, 2.24) is 0 Å². The number of anilines is 1. The Balaban J connectivity index is 1.59. The van der Waals surface area contributed by atoms with Crippen LogP contribution in [0.2, 0.25) is 0 Å². The molecule has 2 aromatic carbocycles. The van der Waals surface area contributed by atoms with Gasteiger partial charge in [-0.1, -0.05) is 31.2 Å². The number of ether oxygens (including phenoxy) is 2. The molecule has 2 aromatic rings. The van der Waals surface area contributed by atoms with Crippen molar-refractivity contribution in [1.29, 1.82) is 0 Å². The van der Waals surface area contributed by atoms with Crippen molar-refractivity contribution < 1.29 is 19.1 Å². The maximum Gasteiger partial charge on any atom is 0.310 e. The Hall–Kier alpha value is -2.47. The van der Waals surface area contributed by atoms with E-state index in [0.29, 0.717) is 11.8 Å². The number of rotatable bonds is 5. The first-order valence-electron chi connectivity index (χ1n) is 8.91. The molecule has 0 fully saturated rings. The van der Waals surface area contributed by atoms with Crippen LogP contribution in [0.3, 0.4) is 0 Å². The molecule has 1 heterocycles. The molecule has 0 spiro atoms. The molecule has 1 amide bonds. The molecule has 5 nitrogen and oxygen atoms in total. The molecule has 3 rings (SSSR count). The number of benzene rings is 2. The van der Waals surface area contributed by atoms with Crippen LogP contribution in [0.25, 0.3) is 0 Å². The van der Waals surface area contributed by atoms with Gasteiger partial charge in [-0.3, -0.25) is 9.59 Å². The number of esters is 1. The molecular formula is C21H23NO4S. The number of fused-ring (bicyclic) bond motifs is 1. The standard InChI is InChI=1S/C21H23NO4S/c1-15-11-12-22(18-5-3-4-6-19(18)27-15)20(23)14-26-21(24)13-16-7-9-17(25-2)10-8-16/h3-10,15H,11-14H2,1-2H3/t15-/m0/s1. The molecule has 0 aromatic heterocycles. The number of amides is 1. The van der Waals surface area contributed by atoms with E-state index in [9.17, 15) is 9.59 Å². The number of hydrogen-bond donors (Lipinski definition) is 0. The van der Waals surface area contributed by atoms with Crippen LogP contribution in [-0.2, 0) is 20.7 Å². The van der Waals surface area contributed by atoms with E-state index in [-0.39, 0.29) is 18.9 Å². The Bertz CT molecular complexity index is 806. The van der Waals surface area contributed by atoms with E-state index in [1.807, 2.05) is 36.4 Å².